The molecule has 6 heteroatoms. The Morgan fingerprint density at radius 3 is 2.45 bits per heavy atom. The first-order valence-corrected chi connectivity index (χ1v) is 7.66. The van der Waals surface area contributed by atoms with Gasteiger partial charge < -0.3 is 15.2 Å². The molecule has 0 aliphatic heterocycles. The molecule has 1 aromatic rings. The van der Waals surface area contributed by atoms with Gasteiger partial charge in [-0.05, 0) is 36.6 Å². The summed E-state index contributed by atoms with van der Waals surface area (Å²) in [4.78, 5) is 22.7. The summed E-state index contributed by atoms with van der Waals surface area (Å²) in [6.07, 6.45) is 0.652. The van der Waals surface area contributed by atoms with Crippen LogP contribution < -0.4 is 10.1 Å². The van der Waals surface area contributed by atoms with Crippen molar-refractivity contribution < 1.29 is 19.4 Å². The molecule has 0 bridgehead atoms. The molecule has 0 aromatic heterocycles. The van der Waals surface area contributed by atoms with E-state index in [0.717, 1.165) is 5.75 Å². The lowest BCUT2D eigenvalue weighted by atomic mass is 9.92. The van der Waals surface area contributed by atoms with E-state index in [1.54, 1.807) is 38.1 Å². The number of hydrogen-bond acceptors (Lipinski definition) is 3. The van der Waals surface area contributed by atoms with Crippen LogP contribution in [0.3, 0.4) is 0 Å². The molecule has 0 saturated carbocycles. The minimum absolute atomic E-state index is 0.00500. The molecule has 0 heterocycles. The Bertz CT molecular complexity index is 487. The third-order valence-electron chi connectivity index (χ3n) is 3.25. The third-order valence-corrected chi connectivity index (χ3v) is 3.50. The predicted octanol–water partition coefficient (Wildman–Crippen LogP) is 2.97. The van der Waals surface area contributed by atoms with E-state index in [-0.39, 0.29) is 18.2 Å². The van der Waals surface area contributed by atoms with Crippen LogP contribution in [-0.4, -0.2) is 30.1 Å². The first kappa shape index (κ1) is 18.3. The van der Waals surface area contributed by atoms with Gasteiger partial charge in [0.15, 0.2) is 0 Å². The maximum absolute atomic E-state index is 11.7. The highest BCUT2D eigenvalue weighted by molar-refractivity contribution is 6.30. The van der Waals surface area contributed by atoms with Gasteiger partial charge in [0.1, 0.15) is 5.75 Å². The van der Waals surface area contributed by atoms with E-state index < -0.39 is 11.9 Å². The van der Waals surface area contributed by atoms with Gasteiger partial charge in [0.25, 0.3) is 0 Å². The second-order valence-corrected chi connectivity index (χ2v) is 5.84. The molecular weight excluding hydrogens is 306 g/mol. The molecule has 1 aromatic carbocycles. The molecular formula is C16H22ClNO4. The topological polar surface area (TPSA) is 75.6 Å². The molecule has 0 saturated heterocycles. The van der Waals surface area contributed by atoms with Crippen molar-refractivity contribution in [3.8, 4) is 5.75 Å². The summed E-state index contributed by atoms with van der Waals surface area (Å²) < 4.78 is 5.50. The zero-order chi connectivity index (χ0) is 16.5. The molecule has 1 amide bonds. The normalized spacial score (nSPS) is 12.0. The van der Waals surface area contributed by atoms with Crippen molar-refractivity contribution in [3.05, 3.63) is 29.3 Å². The Balaban J connectivity index is 2.19. The number of hydrogen-bond donors (Lipinski definition) is 2. The Morgan fingerprint density at radius 2 is 1.91 bits per heavy atom. The smallest absolute Gasteiger partial charge is 0.307 e. The third kappa shape index (κ3) is 6.80. The Hall–Kier alpha value is -1.75. The number of nitrogens with one attached hydrogen (secondary N) is 1. The maximum Gasteiger partial charge on any atom is 0.307 e. The number of carboxylic acid groups (broad SMARTS) is 1. The minimum atomic E-state index is -0.934. The molecule has 0 aliphatic carbocycles. The second-order valence-electron chi connectivity index (χ2n) is 5.40. The zero-order valence-electron chi connectivity index (χ0n) is 12.8. The van der Waals surface area contributed by atoms with E-state index in [2.05, 4.69) is 5.32 Å². The standard InChI is InChI=1S/C16H22ClNO4/c1-11(2)14(16(20)21)10-15(19)18-8-3-9-22-13-6-4-12(17)5-7-13/h4-7,11,14H,3,8-10H2,1-2H3,(H,18,19)(H,20,21). The highest BCUT2D eigenvalue weighted by Gasteiger charge is 2.24. The van der Waals surface area contributed by atoms with Gasteiger partial charge in [0.05, 0.1) is 12.5 Å². The van der Waals surface area contributed by atoms with Gasteiger partial charge in [-0.1, -0.05) is 25.4 Å². The van der Waals surface area contributed by atoms with Crippen molar-refractivity contribution in [2.45, 2.75) is 26.7 Å². The van der Waals surface area contributed by atoms with Gasteiger partial charge in [-0.15, -0.1) is 0 Å². The van der Waals surface area contributed by atoms with E-state index in [0.29, 0.717) is 24.6 Å². The number of ether oxygens (including phenoxy) is 1. The first-order chi connectivity index (χ1) is 10.4. The number of benzene rings is 1. The van der Waals surface area contributed by atoms with Crippen LogP contribution in [-0.2, 0) is 9.59 Å². The van der Waals surface area contributed by atoms with Crippen molar-refractivity contribution in [2.75, 3.05) is 13.2 Å². The molecule has 122 valence electrons. The maximum atomic E-state index is 11.7. The summed E-state index contributed by atoms with van der Waals surface area (Å²) in [5, 5.41) is 12.4. The summed E-state index contributed by atoms with van der Waals surface area (Å²) in [5.74, 6) is -1.17. The SMILES string of the molecule is CC(C)C(CC(=O)NCCCOc1ccc(Cl)cc1)C(=O)O. The van der Waals surface area contributed by atoms with Gasteiger partial charge in [-0.3, -0.25) is 9.59 Å². The Labute approximate surface area is 135 Å². The Kier molecular flexibility index (Phi) is 7.74. The van der Waals surface area contributed by atoms with Gasteiger partial charge >= 0.3 is 5.97 Å². The van der Waals surface area contributed by atoms with Crippen LogP contribution in [0.2, 0.25) is 5.02 Å². The largest absolute Gasteiger partial charge is 0.494 e. The number of carbonyl (C=O) groups is 2. The van der Waals surface area contributed by atoms with E-state index in [9.17, 15) is 9.59 Å². The van der Waals surface area contributed by atoms with Crippen LogP contribution in [0.15, 0.2) is 24.3 Å². The van der Waals surface area contributed by atoms with E-state index in [1.807, 2.05) is 0 Å². The molecule has 0 fully saturated rings. The van der Waals surface area contributed by atoms with Crippen LogP contribution >= 0.6 is 11.6 Å². The average Bonchev–Trinajstić information content (AvgIpc) is 2.45. The quantitative estimate of drug-likeness (QED) is 0.684. The lowest BCUT2D eigenvalue weighted by Crippen LogP contribution is -2.31. The fraction of sp³-hybridized carbons (Fsp3) is 0.500. The summed E-state index contributed by atoms with van der Waals surface area (Å²) in [5.41, 5.74) is 0. The lowest BCUT2D eigenvalue weighted by molar-refractivity contribution is -0.145. The fourth-order valence-corrected chi connectivity index (χ4v) is 2.03. The van der Waals surface area contributed by atoms with E-state index in [4.69, 9.17) is 21.4 Å². The molecule has 0 radical (unpaired) electrons. The summed E-state index contributed by atoms with van der Waals surface area (Å²) in [7, 11) is 0. The van der Waals surface area contributed by atoms with Crippen molar-refractivity contribution in [3.63, 3.8) is 0 Å². The molecule has 1 unspecified atom stereocenters. The molecule has 5 nitrogen and oxygen atoms in total. The molecule has 0 spiro atoms. The second kappa shape index (κ2) is 9.30. The van der Waals surface area contributed by atoms with Crippen molar-refractivity contribution in [2.24, 2.45) is 11.8 Å². The average molecular weight is 328 g/mol. The first-order valence-electron chi connectivity index (χ1n) is 7.28. The monoisotopic (exact) mass is 327 g/mol. The van der Waals surface area contributed by atoms with E-state index in [1.165, 1.54) is 0 Å². The van der Waals surface area contributed by atoms with Gasteiger partial charge in [0.2, 0.25) is 5.91 Å². The highest BCUT2D eigenvalue weighted by atomic mass is 35.5. The molecule has 0 aliphatic rings. The summed E-state index contributed by atoms with van der Waals surface area (Å²) in [6, 6.07) is 7.05. The summed E-state index contributed by atoms with van der Waals surface area (Å²) >= 11 is 5.77. The number of halogens is 1. The number of amides is 1. The number of carboxylic acids is 1. The van der Waals surface area contributed by atoms with Crippen molar-refractivity contribution >= 4 is 23.5 Å². The van der Waals surface area contributed by atoms with Crippen molar-refractivity contribution in [1.29, 1.82) is 0 Å². The number of carbonyl (C=O) groups excluding carboxylic acids is 1. The lowest BCUT2D eigenvalue weighted by Gasteiger charge is -2.15. The molecule has 1 atom stereocenters. The van der Waals surface area contributed by atoms with Crippen LogP contribution in [0.25, 0.3) is 0 Å². The number of aliphatic carboxylic acids is 1. The molecule has 2 N–H and O–H groups in total. The van der Waals surface area contributed by atoms with Gasteiger partial charge in [-0.2, -0.15) is 0 Å². The van der Waals surface area contributed by atoms with Crippen LogP contribution in [0, 0.1) is 11.8 Å². The van der Waals surface area contributed by atoms with Crippen molar-refractivity contribution in [1.82, 2.24) is 5.32 Å². The van der Waals surface area contributed by atoms with Crippen LogP contribution in [0.1, 0.15) is 26.7 Å². The Morgan fingerprint density at radius 1 is 1.27 bits per heavy atom. The highest BCUT2D eigenvalue weighted by Crippen LogP contribution is 2.16. The molecule has 1 rings (SSSR count). The van der Waals surface area contributed by atoms with Crippen LogP contribution in [0.4, 0.5) is 0 Å². The predicted molar refractivity (Wildman–Crippen MR) is 85.2 cm³/mol. The van der Waals surface area contributed by atoms with Gasteiger partial charge in [0, 0.05) is 18.0 Å². The molecule has 22 heavy (non-hydrogen) atoms. The van der Waals surface area contributed by atoms with Crippen LogP contribution in [0.5, 0.6) is 5.75 Å². The fourth-order valence-electron chi connectivity index (χ4n) is 1.90. The van der Waals surface area contributed by atoms with Gasteiger partial charge in [-0.25, -0.2) is 0 Å². The van der Waals surface area contributed by atoms with E-state index >= 15 is 0 Å². The zero-order valence-corrected chi connectivity index (χ0v) is 13.6. The summed E-state index contributed by atoms with van der Waals surface area (Å²) in [6.45, 7) is 4.52. The number of rotatable bonds is 9. The minimum Gasteiger partial charge on any atom is -0.494 e.